The van der Waals surface area contributed by atoms with Gasteiger partial charge in [0.05, 0.1) is 5.56 Å². The zero-order valence-electron chi connectivity index (χ0n) is 22.6. The quantitative estimate of drug-likeness (QED) is 0.0913. The van der Waals surface area contributed by atoms with Crippen molar-refractivity contribution in [3.8, 4) is 17.2 Å². The normalized spacial score (nSPS) is 12.5. The molecule has 0 spiro atoms. The molecule has 0 saturated heterocycles. The number of hydrogen-bond donors (Lipinski definition) is 1. The number of carbonyl (C=O) groups is 1. The number of carbonyl (C=O) groups excluding carboxylic acids is 1. The Kier molecular flexibility index (Phi) is 10.1. The van der Waals surface area contributed by atoms with E-state index >= 15 is 0 Å². The predicted octanol–water partition coefficient (Wildman–Crippen LogP) is 8.18. The summed E-state index contributed by atoms with van der Waals surface area (Å²) in [6.07, 6.45) is 9.77. The molecule has 1 N–H and O–H groups in total. The molecule has 0 bridgehead atoms. The van der Waals surface area contributed by atoms with Crippen molar-refractivity contribution >= 4 is 24.2 Å². The molecule has 1 atom stereocenters. The molecular formula is C35H32O5. The SMILES string of the molecule is CCOC(C)Oc1ccc(C=C(C=Cc2ccc(O)cc2)C=Cc2ccc(OC(=O)c3ccccc3)cc2)cc1. The number of rotatable bonds is 11. The fourth-order valence-electron chi connectivity index (χ4n) is 3.80. The first-order chi connectivity index (χ1) is 19.5. The van der Waals surface area contributed by atoms with Crippen LogP contribution in [0, 0.1) is 0 Å². The van der Waals surface area contributed by atoms with Gasteiger partial charge in [-0.3, -0.25) is 0 Å². The van der Waals surface area contributed by atoms with Crippen molar-refractivity contribution in [2.45, 2.75) is 20.1 Å². The molecule has 0 aromatic heterocycles. The maximum absolute atomic E-state index is 12.3. The van der Waals surface area contributed by atoms with E-state index < -0.39 is 5.97 Å². The van der Waals surface area contributed by atoms with Crippen molar-refractivity contribution in [2.24, 2.45) is 0 Å². The van der Waals surface area contributed by atoms with Gasteiger partial charge in [0.15, 0.2) is 6.29 Å². The molecule has 0 aliphatic heterocycles. The molecule has 1 unspecified atom stereocenters. The number of aromatic hydroxyl groups is 1. The molecule has 0 aliphatic carbocycles. The average Bonchev–Trinajstić information content (AvgIpc) is 2.97. The second-order valence-electron chi connectivity index (χ2n) is 8.94. The maximum Gasteiger partial charge on any atom is 0.343 e. The van der Waals surface area contributed by atoms with Gasteiger partial charge in [-0.2, -0.15) is 0 Å². The van der Waals surface area contributed by atoms with E-state index in [-0.39, 0.29) is 12.0 Å². The number of allylic oxidation sites excluding steroid dienone is 3. The third kappa shape index (κ3) is 8.86. The molecule has 5 heteroatoms. The summed E-state index contributed by atoms with van der Waals surface area (Å²) in [6.45, 7) is 4.39. The van der Waals surface area contributed by atoms with Gasteiger partial charge in [-0.1, -0.05) is 78.9 Å². The van der Waals surface area contributed by atoms with Gasteiger partial charge in [0, 0.05) is 6.61 Å². The summed E-state index contributed by atoms with van der Waals surface area (Å²) >= 11 is 0. The van der Waals surface area contributed by atoms with E-state index in [0.29, 0.717) is 17.9 Å². The number of benzene rings is 4. The Morgan fingerprint density at radius 1 is 0.750 bits per heavy atom. The van der Waals surface area contributed by atoms with Gasteiger partial charge in [0.2, 0.25) is 0 Å². The first-order valence-electron chi connectivity index (χ1n) is 13.1. The number of phenols is 1. The van der Waals surface area contributed by atoms with Crippen LogP contribution in [0.1, 0.15) is 40.9 Å². The zero-order chi connectivity index (χ0) is 28.2. The van der Waals surface area contributed by atoms with Crippen LogP contribution in [0.5, 0.6) is 17.2 Å². The summed E-state index contributed by atoms with van der Waals surface area (Å²) in [5, 5.41) is 9.58. The molecule has 0 radical (unpaired) electrons. The molecule has 0 fully saturated rings. The molecule has 4 aromatic rings. The summed E-state index contributed by atoms with van der Waals surface area (Å²) in [6, 6.07) is 31.1. The summed E-state index contributed by atoms with van der Waals surface area (Å²) in [5.74, 6) is 1.06. The highest BCUT2D eigenvalue weighted by Gasteiger charge is 2.07. The number of ether oxygens (including phenoxy) is 3. The monoisotopic (exact) mass is 532 g/mol. The fourth-order valence-corrected chi connectivity index (χ4v) is 3.80. The standard InChI is InChI=1S/C35H32O5/c1-3-38-26(2)39-33-23-17-30(18-24-33)25-29(11-9-27-13-19-32(36)20-14-27)12-10-28-15-21-34(22-16-28)40-35(37)31-7-5-4-6-8-31/h4-26,36H,3H2,1-2H3. The van der Waals surface area contributed by atoms with E-state index in [0.717, 1.165) is 28.0 Å². The van der Waals surface area contributed by atoms with E-state index in [4.69, 9.17) is 14.2 Å². The van der Waals surface area contributed by atoms with Crippen molar-refractivity contribution in [3.63, 3.8) is 0 Å². The summed E-state index contributed by atoms with van der Waals surface area (Å²) in [5.41, 5.74) is 4.40. The Morgan fingerprint density at radius 3 is 1.90 bits per heavy atom. The molecule has 0 saturated carbocycles. The molecule has 0 aliphatic rings. The van der Waals surface area contributed by atoms with Gasteiger partial charge in [-0.05, 0) is 90.7 Å². The van der Waals surface area contributed by atoms with Gasteiger partial charge in [0.25, 0.3) is 0 Å². The van der Waals surface area contributed by atoms with Gasteiger partial charge in [-0.15, -0.1) is 0 Å². The first-order valence-corrected chi connectivity index (χ1v) is 13.1. The first kappa shape index (κ1) is 28.1. The van der Waals surface area contributed by atoms with Crippen LogP contribution in [-0.2, 0) is 4.74 Å². The number of esters is 1. The lowest BCUT2D eigenvalue weighted by Crippen LogP contribution is -2.15. The average molecular weight is 533 g/mol. The predicted molar refractivity (Wildman–Crippen MR) is 160 cm³/mol. The third-order valence-electron chi connectivity index (χ3n) is 5.85. The highest BCUT2D eigenvalue weighted by molar-refractivity contribution is 5.91. The number of hydrogen-bond acceptors (Lipinski definition) is 5. The zero-order valence-corrected chi connectivity index (χ0v) is 22.6. The van der Waals surface area contributed by atoms with Crippen LogP contribution in [0.15, 0.2) is 121 Å². The van der Waals surface area contributed by atoms with Gasteiger partial charge >= 0.3 is 5.97 Å². The van der Waals surface area contributed by atoms with Crippen LogP contribution in [0.2, 0.25) is 0 Å². The highest BCUT2D eigenvalue weighted by atomic mass is 16.7. The van der Waals surface area contributed by atoms with Crippen LogP contribution >= 0.6 is 0 Å². The maximum atomic E-state index is 12.3. The second kappa shape index (κ2) is 14.3. The fraction of sp³-hybridized carbons (Fsp3) is 0.114. The Labute approximate surface area is 235 Å². The molecule has 5 nitrogen and oxygen atoms in total. The largest absolute Gasteiger partial charge is 0.508 e. The van der Waals surface area contributed by atoms with Gasteiger partial charge in [0.1, 0.15) is 17.2 Å². The topological polar surface area (TPSA) is 65.0 Å². The van der Waals surface area contributed by atoms with Crippen molar-refractivity contribution in [2.75, 3.05) is 6.61 Å². The minimum absolute atomic E-state index is 0.228. The van der Waals surface area contributed by atoms with Crippen LogP contribution in [0.3, 0.4) is 0 Å². The van der Waals surface area contributed by atoms with Crippen molar-refractivity contribution in [1.82, 2.24) is 0 Å². The van der Waals surface area contributed by atoms with Crippen LogP contribution in [0.4, 0.5) is 0 Å². The van der Waals surface area contributed by atoms with E-state index in [1.807, 2.05) is 92.7 Å². The highest BCUT2D eigenvalue weighted by Crippen LogP contribution is 2.20. The molecule has 0 heterocycles. The summed E-state index contributed by atoms with van der Waals surface area (Å²) in [7, 11) is 0. The van der Waals surface area contributed by atoms with Gasteiger partial charge in [-0.25, -0.2) is 4.79 Å². The van der Waals surface area contributed by atoms with Crippen LogP contribution in [0.25, 0.3) is 18.2 Å². The Bertz CT molecular complexity index is 1450. The molecular weight excluding hydrogens is 500 g/mol. The van der Waals surface area contributed by atoms with E-state index in [2.05, 4.69) is 6.08 Å². The molecule has 4 rings (SSSR count). The summed E-state index contributed by atoms with van der Waals surface area (Å²) < 4.78 is 16.7. The second-order valence-corrected chi connectivity index (χ2v) is 8.94. The smallest absolute Gasteiger partial charge is 0.343 e. The van der Waals surface area contributed by atoms with Gasteiger partial charge < -0.3 is 19.3 Å². The Hall–Kier alpha value is -4.87. The Balaban J connectivity index is 1.50. The van der Waals surface area contributed by atoms with Crippen molar-refractivity contribution in [3.05, 3.63) is 143 Å². The number of phenolic OH excluding ortho intramolecular Hbond substituents is 1. The molecule has 40 heavy (non-hydrogen) atoms. The van der Waals surface area contributed by atoms with Crippen LogP contribution in [-0.4, -0.2) is 24.0 Å². The van der Waals surface area contributed by atoms with Crippen LogP contribution < -0.4 is 9.47 Å². The lowest BCUT2D eigenvalue weighted by Gasteiger charge is -2.14. The molecule has 0 amide bonds. The summed E-state index contributed by atoms with van der Waals surface area (Å²) in [4.78, 5) is 12.3. The van der Waals surface area contributed by atoms with E-state index in [9.17, 15) is 9.90 Å². The van der Waals surface area contributed by atoms with Crippen molar-refractivity contribution in [1.29, 1.82) is 0 Å². The minimum atomic E-state index is -0.391. The molecule has 4 aromatic carbocycles. The lowest BCUT2D eigenvalue weighted by molar-refractivity contribution is -0.0613. The molecule has 202 valence electrons. The minimum Gasteiger partial charge on any atom is -0.508 e. The van der Waals surface area contributed by atoms with Crippen molar-refractivity contribution < 1.29 is 24.1 Å². The lowest BCUT2D eigenvalue weighted by atomic mass is 10.1. The third-order valence-corrected chi connectivity index (χ3v) is 5.85. The van der Waals surface area contributed by atoms with E-state index in [1.165, 1.54) is 0 Å². The Morgan fingerprint density at radius 2 is 1.30 bits per heavy atom. The van der Waals surface area contributed by atoms with E-state index in [1.54, 1.807) is 48.5 Å².